The van der Waals surface area contributed by atoms with Crippen molar-refractivity contribution in [1.29, 1.82) is 0 Å². The predicted molar refractivity (Wildman–Crippen MR) is 80.6 cm³/mol. The molecular weight excluding hydrogens is 252 g/mol. The van der Waals surface area contributed by atoms with E-state index in [9.17, 15) is 10.1 Å². The van der Waals surface area contributed by atoms with Gasteiger partial charge in [-0.15, -0.1) is 0 Å². The zero-order chi connectivity index (χ0) is 14.7. The lowest BCUT2D eigenvalue weighted by Gasteiger charge is -2.47. The third-order valence-corrected chi connectivity index (χ3v) is 5.09. The Morgan fingerprint density at radius 3 is 2.30 bits per heavy atom. The van der Waals surface area contributed by atoms with E-state index in [0.717, 1.165) is 37.2 Å². The number of anilines is 1. The van der Waals surface area contributed by atoms with Crippen LogP contribution in [-0.2, 0) is 10.8 Å². The van der Waals surface area contributed by atoms with Gasteiger partial charge in [0.15, 0.2) is 0 Å². The molecule has 108 valence electrons. The van der Waals surface area contributed by atoms with E-state index < -0.39 is 0 Å². The summed E-state index contributed by atoms with van der Waals surface area (Å²) in [4.78, 5) is 13.6. The van der Waals surface area contributed by atoms with Crippen LogP contribution in [0.25, 0.3) is 0 Å². The minimum Gasteiger partial charge on any atom is -0.371 e. The maximum atomic E-state index is 11.4. The standard InChI is InChI=1S/C16H22N2O2/c1-15(2)7-9-17-10-8-16(3,4)13-12(18(19)20)6-5-11(15)14(13)17/h5-6H,7-10H2,1-4H3. The van der Waals surface area contributed by atoms with Gasteiger partial charge in [-0.25, -0.2) is 0 Å². The van der Waals surface area contributed by atoms with Crippen molar-refractivity contribution in [3.05, 3.63) is 33.4 Å². The quantitative estimate of drug-likeness (QED) is 0.578. The molecule has 0 atom stereocenters. The van der Waals surface area contributed by atoms with Crippen LogP contribution in [-0.4, -0.2) is 18.0 Å². The number of benzene rings is 1. The van der Waals surface area contributed by atoms with Crippen LogP contribution in [0.1, 0.15) is 51.7 Å². The molecule has 0 saturated heterocycles. The fourth-order valence-electron chi connectivity index (χ4n) is 3.70. The van der Waals surface area contributed by atoms with Gasteiger partial charge in [-0.3, -0.25) is 10.1 Å². The number of nitro groups is 1. The SMILES string of the molecule is CC1(C)CCN2CCC(C)(C)c3c([N+](=O)[O-])ccc1c32. The molecule has 0 aliphatic carbocycles. The number of hydrogen-bond donors (Lipinski definition) is 0. The van der Waals surface area contributed by atoms with Crippen LogP contribution in [0, 0.1) is 10.1 Å². The second-order valence-electron chi connectivity index (χ2n) is 7.37. The van der Waals surface area contributed by atoms with Gasteiger partial charge < -0.3 is 4.90 Å². The van der Waals surface area contributed by atoms with Crippen molar-refractivity contribution in [2.24, 2.45) is 0 Å². The summed E-state index contributed by atoms with van der Waals surface area (Å²) in [6.45, 7) is 10.8. The van der Waals surface area contributed by atoms with Crippen molar-refractivity contribution < 1.29 is 4.92 Å². The number of rotatable bonds is 1. The first-order valence-electron chi connectivity index (χ1n) is 7.31. The van der Waals surface area contributed by atoms with E-state index in [1.165, 1.54) is 5.56 Å². The summed E-state index contributed by atoms with van der Waals surface area (Å²) in [6, 6.07) is 3.69. The molecule has 0 bridgehead atoms. The van der Waals surface area contributed by atoms with Crippen LogP contribution in [0.2, 0.25) is 0 Å². The first-order chi connectivity index (χ1) is 9.24. The fourth-order valence-corrected chi connectivity index (χ4v) is 3.70. The van der Waals surface area contributed by atoms with Crippen LogP contribution in [0.15, 0.2) is 12.1 Å². The molecule has 4 nitrogen and oxygen atoms in total. The molecule has 2 heterocycles. The fraction of sp³-hybridized carbons (Fsp3) is 0.625. The number of hydrogen-bond acceptors (Lipinski definition) is 3. The van der Waals surface area contributed by atoms with Gasteiger partial charge in [0.1, 0.15) is 0 Å². The highest BCUT2D eigenvalue weighted by Crippen LogP contribution is 2.51. The highest BCUT2D eigenvalue weighted by molar-refractivity contribution is 5.73. The van der Waals surface area contributed by atoms with E-state index in [1.54, 1.807) is 6.07 Å². The van der Waals surface area contributed by atoms with E-state index in [2.05, 4.69) is 32.6 Å². The zero-order valence-corrected chi connectivity index (χ0v) is 12.7. The van der Waals surface area contributed by atoms with Crippen LogP contribution in [0.3, 0.4) is 0 Å². The van der Waals surface area contributed by atoms with Gasteiger partial charge in [0.2, 0.25) is 0 Å². The normalized spacial score (nSPS) is 22.3. The maximum Gasteiger partial charge on any atom is 0.275 e. The van der Waals surface area contributed by atoms with Crippen LogP contribution < -0.4 is 4.90 Å². The number of nitro benzene ring substituents is 1. The number of nitrogens with zero attached hydrogens (tertiary/aromatic N) is 2. The van der Waals surface area contributed by atoms with Gasteiger partial charge in [-0.05, 0) is 29.9 Å². The molecule has 0 fully saturated rings. The molecule has 0 saturated carbocycles. The van der Waals surface area contributed by atoms with E-state index >= 15 is 0 Å². The van der Waals surface area contributed by atoms with Gasteiger partial charge in [-0.1, -0.05) is 27.7 Å². The monoisotopic (exact) mass is 274 g/mol. The highest BCUT2D eigenvalue weighted by atomic mass is 16.6. The molecule has 0 aromatic heterocycles. The molecular formula is C16H22N2O2. The smallest absolute Gasteiger partial charge is 0.275 e. The van der Waals surface area contributed by atoms with Crippen molar-refractivity contribution in [1.82, 2.24) is 0 Å². The van der Waals surface area contributed by atoms with Crippen molar-refractivity contribution in [2.45, 2.75) is 51.4 Å². The van der Waals surface area contributed by atoms with E-state index in [4.69, 9.17) is 0 Å². The third-order valence-electron chi connectivity index (χ3n) is 5.09. The maximum absolute atomic E-state index is 11.4. The molecule has 2 aliphatic rings. The summed E-state index contributed by atoms with van der Waals surface area (Å²) in [7, 11) is 0. The van der Waals surface area contributed by atoms with E-state index in [0.29, 0.717) is 0 Å². The minimum absolute atomic E-state index is 0.100. The second kappa shape index (κ2) is 3.96. The average Bonchev–Trinajstić information content (AvgIpc) is 2.35. The van der Waals surface area contributed by atoms with Crippen molar-refractivity contribution in [2.75, 3.05) is 18.0 Å². The lowest BCUT2D eigenvalue weighted by molar-refractivity contribution is -0.386. The van der Waals surface area contributed by atoms with Crippen LogP contribution >= 0.6 is 0 Å². The second-order valence-corrected chi connectivity index (χ2v) is 7.37. The zero-order valence-electron chi connectivity index (χ0n) is 12.7. The summed E-state index contributed by atoms with van der Waals surface area (Å²) in [5.41, 5.74) is 3.62. The largest absolute Gasteiger partial charge is 0.371 e. The third kappa shape index (κ3) is 1.74. The van der Waals surface area contributed by atoms with Gasteiger partial charge in [0.05, 0.1) is 16.2 Å². The lowest BCUT2D eigenvalue weighted by atomic mass is 9.69. The lowest BCUT2D eigenvalue weighted by Crippen LogP contribution is -2.44. The molecule has 1 aromatic rings. The topological polar surface area (TPSA) is 46.4 Å². The highest BCUT2D eigenvalue weighted by Gasteiger charge is 2.43. The first-order valence-corrected chi connectivity index (χ1v) is 7.31. The molecule has 4 heteroatoms. The summed E-state index contributed by atoms with van der Waals surface area (Å²) < 4.78 is 0. The van der Waals surface area contributed by atoms with Crippen LogP contribution in [0.4, 0.5) is 11.4 Å². The molecule has 0 radical (unpaired) electrons. The Labute approximate surface area is 119 Å². The Hall–Kier alpha value is -1.58. The summed E-state index contributed by atoms with van der Waals surface area (Å²) in [6.07, 6.45) is 2.09. The van der Waals surface area contributed by atoms with Gasteiger partial charge in [-0.2, -0.15) is 0 Å². The van der Waals surface area contributed by atoms with E-state index in [-0.39, 0.29) is 21.4 Å². The Morgan fingerprint density at radius 2 is 1.70 bits per heavy atom. The molecule has 1 aromatic carbocycles. The molecule has 2 aliphatic heterocycles. The molecule has 0 N–H and O–H groups in total. The molecule has 20 heavy (non-hydrogen) atoms. The van der Waals surface area contributed by atoms with Gasteiger partial charge in [0, 0.05) is 24.6 Å². The Morgan fingerprint density at radius 1 is 1.10 bits per heavy atom. The molecule has 0 amide bonds. The average molecular weight is 274 g/mol. The predicted octanol–water partition coefficient (Wildman–Crippen LogP) is 3.76. The van der Waals surface area contributed by atoms with Crippen molar-refractivity contribution >= 4 is 11.4 Å². The summed E-state index contributed by atoms with van der Waals surface area (Å²) in [5, 5.41) is 11.4. The summed E-state index contributed by atoms with van der Waals surface area (Å²) in [5.74, 6) is 0. The Kier molecular flexibility index (Phi) is 2.66. The van der Waals surface area contributed by atoms with Gasteiger partial charge in [0.25, 0.3) is 5.69 Å². The molecule has 3 rings (SSSR count). The van der Waals surface area contributed by atoms with Crippen molar-refractivity contribution in [3.63, 3.8) is 0 Å². The van der Waals surface area contributed by atoms with Crippen molar-refractivity contribution in [3.8, 4) is 0 Å². The van der Waals surface area contributed by atoms with Crippen LogP contribution in [0.5, 0.6) is 0 Å². The minimum atomic E-state index is -0.220. The van der Waals surface area contributed by atoms with Gasteiger partial charge >= 0.3 is 0 Å². The summed E-state index contributed by atoms with van der Waals surface area (Å²) >= 11 is 0. The first kappa shape index (κ1) is 13.4. The Balaban J connectivity index is 2.35. The molecule has 0 spiro atoms. The Bertz CT molecular complexity index is 588. The van der Waals surface area contributed by atoms with E-state index in [1.807, 2.05) is 6.07 Å². The molecule has 0 unspecified atom stereocenters.